The number of anilines is 1. The third-order valence-electron chi connectivity index (χ3n) is 4.61. The topological polar surface area (TPSA) is 49.8 Å². The lowest BCUT2D eigenvalue weighted by Gasteiger charge is -2.15. The molecule has 1 aliphatic heterocycles. The Hall–Kier alpha value is -1.16. The molecule has 2 N–H and O–H groups in total. The second kappa shape index (κ2) is 6.53. The molecule has 0 unspecified atom stereocenters. The average molecular weight is 274 g/mol. The molecule has 1 aliphatic carbocycles. The van der Waals surface area contributed by atoms with Gasteiger partial charge in [-0.15, -0.1) is 0 Å². The number of hydrogen-bond donors (Lipinski definition) is 2. The Morgan fingerprint density at radius 1 is 1.15 bits per heavy atom. The lowest BCUT2D eigenvalue weighted by Crippen LogP contribution is -2.16. The number of aryl methyl sites for hydroxylation is 1. The summed E-state index contributed by atoms with van der Waals surface area (Å²) in [6, 6.07) is 0. The van der Waals surface area contributed by atoms with Gasteiger partial charge in [-0.2, -0.15) is 0 Å². The van der Waals surface area contributed by atoms with Gasteiger partial charge < -0.3 is 10.6 Å². The first-order valence-corrected chi connectivity index (χ1v) is 8.14. The summed E-state index contributed by atoms with van der Waals surface area (Å²) in [4.78, 5) is 9.27. The fourth-order valence-electron chi connectivity index (χ4n) is 3.51. The Kier molecular flexibility index (Phi) is 4.51. The van der Waals surface area contributed by atoms with Crippen LogP contribution >= 0.6 is 0 Å². The summed E-state index contributed by atoms with van der Waals surface area (Å²) in [6.07, 6.45) is 9.06. The van der Waals surface area contributed by atoms with Gasteiger partial charge in [0.1, 0.15) is 11.6 Å². The maximum Gasteiger partial charge on any atom is 0.133 e. The van der Waals surface area contributed by atoms with E-state index in [0.29, 0.717) is 0 Å². The van der Waals surface area contributed by atoms with Crippen LogP contribution in [0.4, 0.5) is 5.82 Å². The van der Waals surface area contributed by atoms with Gasteiger partial charge in [-0.1, -0.05) is 25.7 Å². The van der Waals surface area contributed by atoms with Crippen LogP contribution in [-0.2, 0) is 12.8 Å². The molecule has 4 nitrogen and oxygen atoms in total. The van der Waals surface area contributed by atoms with Gasteiger partial charge in [-0.25, -0.2) is 9.97 Å². The fraction of sp³-hybridized carbons (Fsp3) is 0.750. The second-order valence-corrected chi connectivity index (χ2v) is 6.16. The molecule has 4 heteroatoms. The summed E-state index contributed by atoms with van der Waals surface area (Å²) in [6.45, 7) is 5.13. The van der Waals surface area contributed by atoms with Gasteiger partial charge in [0.25, 0.3) is 0 Å². The minimum Gasteiger partial charge on any atom is -0.370 e. The molecule has 110 valence electrons. The van der Waals surface area contributed by atoms with Gasteiger partial charge in [-0.05, 0) is 32.2 Å². The summed E-state index contributed by atoms with van der Waals surface area (Å²) >= 11 is 0. The van der Waals surface area contributed by atoms with E-state index in [1.165, 1.54) is 43.4 Å². The Morgan fingerprint density at radius 2 is 1.95 bits per heavy atom. The molecule has 2 heterocycles. The molecule has 1 fully saturated rings. The first kappa shape index (κ1) is 13.8. The van der Waals surface area contributed by atoms with Crippen molar-refractivity contribution in [3.05, 3.63) is 17.1 Å². The highest BCUT2D eigenvalue weighted by molar-refractivity contribution is 5.47. The SMILES string of the molecule is Cc1nc2c(c(NCCC3CCCC3)n1)CCNCC2. The van der Waals surface area contributed by atoms with Gasteiger partial charge >= 0.3 is 0 Å². The van der Waals surface area contributed by atoms with Crippen molar-refractivity contribution in [3.8, 4) is 0 Å². The minimum absolute atomic E-state index is 0.897. The van der Waals surface area contributed by atoms with E-state index in [-0.39, 0.29) is 0 Å². The van der Waals surface area contributed by atoms with Crippen molar-refractivity contribution in [3.63, 3.8) is 0 Å². The van der Waals surface area contributed by atoms with Gasteiger partial charge in [-0.3, -0.25) is 0 Å². The summed E-state index contributed by atoms with van der Waals surface area (Å²) in [5, 5.41) is 7.04. The van der Waals surface area contributed by atoms with Crippen LogP contribution in [0.3, 0.4) is 0 Å². The van der Waals surface area contributed by atoms with Crippen LogP contribution in [0.15, 0.2) is 0 Å². The van der Waals surface area contributed by atoms with E-state index in [4.69, 9.17) is 0 Å². The van der Waals surface area contributed by atoms with Crippen molar-refractivity contribution in [2.75, 3.05) is 25.0 Å². The third kappa shape index (κ3) is 3.29. The number of nitrogens with one attached hydrogen (secondary N) is 2. The molecule has 0 atom stereocenters. The molecule has 1 aromatic rings. The molecule has 1 saturated carbocycles. The van der Waals surface area contributed by atoms with E-state index in [0.717, 1.165) is 50.0 Å². The number of aromatic nitrogens is 2. The van der Waals surface area contributed by atoms with Crippen molar-refractivity contribution in [1.29, 1.82) is 0 Å². The molecule has 1 aromatic heterocycles. The molecule has 2 aliphatic rings. The molecule has 0 amide bonds. The van der Waals surface area contributed by atoms with Crippen LogP contribution in [0.1, 0.15) is 49.2 Å². The third-order valence-corrected chi connectivity index (χ3v) is 4.61. The monoisotopic (exact) mass is 274 g/mol. The first-order valence-electron chi connectivity index (χ1n) is 8.14. The fourth-order valence-corrected chi connectivity index (χ4v) is 3.51. The van der Waals surface area contributed by atoms with Gasteiger partial charge in [0.2, 0.25) is 0 Å². The number of rotatable bonds is 4. The summed E-state index contributed by atoms with van der Waals surface area (Å²) in [5.41, 5.74) is 2.58. The van der Waals surface area contributed by atoms with Crippen molar-refractivity contribution >= 4 is 5.82 Å². The van der Waals surface area contributed by atoms with Crippen LogP contribution in [0, 0.1) is 12.8 Å². The number of fused-ring (bicyclic) bond motifs is 1. The van der Waals surface area contributed by atoms with Gasteiger partial charge in [0.15, 0.2) is 0 Å². The Morgan fingerprint density at radius 3 is 2.80 bits per heavy atom. The summed E-state index contributed by atoms with van der Waals surface area (Å²) in [7, 11) is 0. The highest BCUT2D eigenvalue weighted by atomic mass is 15.0. The maximum atomic E-state index is 4.64. The number of hydrogen-bond acceptors (Lipinski definition) is 4. The lowest BCUT2D eigenvalue weighted by molar-refractivity contribution is 0.518. The first-order chi connectivity index (χ1) is 9.83. The van der Waals surface area contributed by atoms with Crippen molar-refractivity contribution in [1.82, 2.24) is 15.3 Å². The quantitative estimate of drug-likeness (QED) is 0.885. The maximum absolute atomic E-state index is 4.64. The molecular weight excluding hydrogens is 248 g/mol. The summed E-state index contributed by atoms with van der Waals surface area (Å²) in [5.74, 6) is 2.92. The molecule has 0 bridgehead atoms. The molecular formula is C16H26N4. The van der Waals surface area contributed by atoms with Crippen LogP contribution < -0.4 is 10.6 Å². The molecule has 0 saturated heterocycles. The van der Waals surface area contributed by atoms with Crippen LogP contribution in [0.5, 0.6) is 0 Å². The molecule has 3 rings (SSSR count). The zero-order valence-electron chi connectivity index (χ0n) is 12.5. The van der Waals surface area contributed by atoms with Crippen molar-refractivity contribution in [2.24, 2.45) is 5.92 Å². The standard InChI is InChI=1S/C16H26N4/c1-12-19-15-8-10-17-9-7-14(15)16(20-12)18-11-6-13-4-2-3-5-13/h13,17H,2-11H2,1H3,(H,18,19,20). The van der Waals surface area contributed by atoms with Crippen molar-refractivity contribution in [2.45, 2.75) is 51.9 Å². The van der Waals surface area contributed by atoms with E-state index in [1.807, 2.05) is 6.92 Å². The number of nitrogens with zero attached hydrogens (tertiary/aromatic N) is 2. The zero-order chi connectivity index (χ0) is 13.8. The predicted octanol–water partition coefficient (Wildman–Crippen LogP) is 2.47. The van der Waals surface area contributed by atoms with E-state index in [1.54, 1.807) is 0 Å². The normalized spacial score (nSPS) is 19.6. The average Bonchev–Trinajstić information content (AvgIpc) is 2.83. The Balaban J connectivity index is 1.66. The zero-order valence-corrected chi connectivity index (χ0v) is 12.5. The molecule has 0 spiro atoms. The lowest BCUT2D eigenvalue weighted by atomic mass is 10.0. The van der Waals surface area contributed by atoms with Gasteiger partial charge in [0, 0.05) is 25.1 Å². The smallest absolute Gasteiger partial charge is 0.133 e. The van der Waals surface area contributed by atoms with Crippen molar-refractivity contribution < 1.29 is 0 Å². The van der Waals surface area contributed by atoms with E-state index in [2.05, 4.69) is 20.6 Å². The van der Waals surface area contributed by atoms with E-state index >= 15 is 0 Å². The molecule has 20 heavy (non-hydrogen) atoms. The van der Waals surface area contributed by atoms with Crippen LogP contribution in [-0.4, -0.2) is 29.6 Å². The van der Waals surface area contributed by atoms with E-state index < -0.39 is 0 Å². The highest BCUT2D eigenvalue weighted by Crippen LogP contribution is 2.27. The molecule has 0 radical (unpaired) electrons. The molecule has 0 aromatic carbocycles. The highest BCUT2D eigenvalue weighted by Gasteiger charge is 2.17. The largest absolute Gasteiger partial charge is 0.370 e. The second-order valence-electron chi connectivity index (χ2n) is 6.16. The van der Waals surface area contributed by atoms with E-state index in [9.17, 15) is 0 Å². The van der Waals surface area contributed by atoms with Gasteiger partial charge in [0.05, 0.1) is 5.69 Å². The summed E-state index contributed by atoms with van der Waals surface area (Å²) < 4.78 is 0. The van der Waals surface area contributed by atoms with Crippen LogP contribution in [0.2, 0.25) is 0 Å². The Bertz CT molecular complexity index is 452. The Labute approximate surface area is 121 Å². The predicted molar refractivity (Wildman–Crippen MR) is 82.1 cm³/mol. The van der Waals surface area contributed by atoms with Crippen LogP contribution in [0.25, 0.3) is 0 Å². The minimum atomic E-state index is 0.897.